The molecule has 0 N–H and O–H groups in total. The summed E-state index contributed by atoms with van der Waals surface area (Å²) in [6.07, 6.45) is -0.256. The van der Waals surface area contributed by atoms with E-state index in [9.17, 15) is 18.0 Å². The summed E-state index contributed by atoms with van der Waals surface area (Å²) in [6.45, 7) is 0. The van der Waals surface area contributed by atoms with Crippen molar-refractivity contribution >= 4 is 12.2 Å². The fourth-order valence-corrected chi connectivity index (χ4v) is 1.50. The number of nitrogens with zero attached hydrogens (tertiary/aromatic N) is 3. The van der Waals surface area contributed by atoms with E-state index >= 15 is 0 Å². The summed E-state index contributed by atoms with van der Waals surface area (Å²) in [5.41, 5.74) is -0.389. The highest BCUT2D eigenvalue weighted by atomic mass is 19.4. The smallest absolute Gasteiger partial charge is 0.328 e. The Bertz CT molecular complexity index is 660. The van der Waals surface area contributed by atoms with Gasteiger partial charge in [-0.05, 0) is 17.7 Å². The minimum atomic E-state index is -4.39. The zero-order chi connectivity index (χ0) is 15.5. The monoisotopic (exact) mass is 297 g/mol. The molecular formula is C13H10F3N3O2. The number of aryl methyl sites for hydroxylation is 1. The van der Waals surface area contributed by atoms with Gasteiger partial charge >= 0.3 is 12.1 Å². The van der Waals surface area contributed by atoms with Crippen LogP contribution >= 0.6 is 0 Å². The number of halogens is 3. The number of alkyl halides is 3. The molecule has 2 aromatic rings. The molecule has 0 aliphatic carbocycles. The van der Waals surface area contributed by atoms with Gasteiger partial charge in [0.1, 0.15) is 0 Å². The van der Waals surface area contributed by atoms with Crippen LogP contribution < -0.4 is 0 Å². The summed E-state index contributed by atoms with van der Waals surface area (Å²) < 4.78 is 38.5. The molecule has 0 aliphatic heterocycles. The van der Waals surface area contributed by atoms with Crippen LogP contribution in [0.5, 0.6) is 0 Å². The lowest BCUT2D eigenvalue weighted by Gasteiger charge is -2.05. The first-order chi connectivity index (χ1) is 9.88. The molecule has 8 heteroatoms. The number of imidazole rings is 1. The average molecular weight is 297 g/mol. The van der Waals surface area contributed by atoms with Crippen molar-refractivity contribution in [1.29, 1.82) is 0 Å². The average Bonchev–Trinajstić information content (AvgIpc) is 2.84. The fourth-order valence-electron chi connectivity index (χ4n) is 1.50. The van der Waals surface area contributed by atoms with Gasteiger partial charge < -0.3 is 9.40 Å². The standard InChI is InChI=1S/C13H10F3N3O2/c1-19-7-6-17-11(19)12(20)21-18-8-9-2-4-10(5-3-9)13(14,15)16/h2-8H,1H3. The van der Waals surface area contributed by atoms with Gasteiger partial charge in [0.15, 0.2) is 0 Å². The molecule has 0 radical (unpaired) electrons. The normalized spacial score (nSPS) is 11.8. The Morgan fingerprint density at radius 1 is 1.33 bits per heavy atom. The van der Waals surface area contributed by atoms with Gasteiger partial charge in [-0.2, -0.15) is 13.2 Å². The van der Waals surface area contributed by atoms with E-state index in [-0.39, 0.29) is 5.82 Å². The Balaban J connectivity index is 1.99. The third-order valence-corrected chi connectivity index (χ3v) is 2.58. The maximum absolute atomic E-state index is 12.4. The van der Waals surface area contributed by atoms with E-state index < -0.39 is 17.7 Å². The first-order valence-electron chi connectivity index (χ1n) is 5.77. The Kier molecular flexibility index (Phi) is 4.06. The van der Waals surface area contributed by atoms with Gasteiger partial charge in [-0.25, -0.2) is 9.78 Å². The molecule has 1 heterocycles. The molecule has 0 aliphatic rings. The molecular weight excluding hydrogens is 287 g/mol. The molecule has 0 unspecified atom stereocenters. The van der Waals surface area contributed by atoms with Gasteiger partial charge in [0.25, 0.3) is 0 Å². The van der Waals surface area contributed by atoms with E-state index in [4.69, 9.17) is 0 Å². The minimum Gasteiger partial charge on any atom is -0.328 e. The number of carbonyl (C=O) groups excluding carboxylic acids is 1. The molecule has 0 spiro atoms. The highest BCUT2D eigenvalue weighted by molar-refractivity contribution is 5.86. The highest BCUT2D eigenvalue weighted by Gasteiger charge is 2.29. The lowest BCUT2D eigenvalue weighted by Crippen LogP contribution is -2.08. The fraction of sp³-hybridized carbons (Fsp3) is 0.154. The summed E-state index contributed by atoms with van der Waals surface area (Å²) in [5.74, 6) is -0.690. The zero-order valence-corrected chi connectivity index (χ0v) is 10.8. The first kappa shape index (κ1) is 14.8. The van der Waals surface area contributed by atoms with Crippen LogP contribution in [-0.4, -0.2) is 21.7 Å². The van der Waals surface area contributed by atoms with Gasteiger partial charge in [0, 0.05) is 19.4 Å². The topological polar surface area (TPSA) is 56.5 Å². The summed E-state index contributed by atoms with van der Waals surface area (Å²) in [4.78, 5) is 19.9. The molecule has 5 nitrogen and oxygen atoms in total. The van der Waals surface area contributed by atoms with Crippen molar-refractivity contribution in [2.45, 2.75) is 6.18 Å². The van der Waals surface area contributed by atoms with Crippen LogP contribution in [0.25, 0.3) is 0 Å². The minimum absolute atomic E-state index is 0.0690. The molecule has 0 bridgehead atoms. The lowest BCUT2D eigenvalue weighted by molar-refractivity contribution is -0.137. The molecule has 21 heavy (non-hydrogen) atoms. The van der Waals surface area contributed by atoms with Gasteiger partial charge in [0.05, 0.1) is 11.8 Å². The number of hydrogen-bond acceptors (Lipinski definition) is 4. The van der Waals surface area contributed by atoms with E-state index in [0.717, 1.165) is 18.3 Å². The second-order valence-electron chi connectivity index (χ2n) is 4.09. The van der Waals surface area contributed by atoms with Crippen molar-refractivity contribution in [3.8, 4) is 0 Å². The summed E-state index contributed by atoms with van der Waals surface area (Å²) >= 11 is 0. The number of carbonyl (C=O) groups is 1. The third-order valence-electron chi connectivity index (χ3n) is 2.58. The Morgan fingerprint density at radius 3 is 2.52 bits per heavy atom. The van der Waals surface area contributed by atoms with Crippen molar-refractivity contribution in [1.82, 2.24) is 9.55 Å². The van der Waals surface area contributed by atoms with Gasteiger partial charge in [-0.1, -0.05) is 17.3 Å². The second-order valence-corrected chi connectivity index (χ2v) is 4.09. The molecule has 0 saturated carbocycles. The van der Waals surface area contributed by atoms with Gasteiger partial charge in [0.2, 0.25) is 5.82 Å². The maximum Gasteiger partial charge on any atom is 0.416 e. The predicted octanol–water partition coefficient (Wildman–Crippen LogP) is 2.63. The zero-order valence-electron chi connectivity index (χ0n) is 10.8. The molecule has 110 valence electrons. The van der Waals surface area contributed by atoms with Crippen molar-refractivity contribution in [2.24, 2.45) is 12.2 Å². The number of benzene rings is 1. The van der Waals surface area contributed by atoms with Crippen molar-refractivity contribution in [3.05, 3.63) is 53.6 Å². The largest absolute Gasteiger partial charge is 0.416 e. The SMILES string of the molecule is Cn1ccnc1C(=O)ON=Cc1ccc(C(F)(F)F)cc1. The number of aromatic nitrogens is 2. The quantitative estimate of drug-likeness (QED) is 0.497. The van der Waals surface area contributed by atoms with Crippen molar-refractivity contribution in [3.63, 3.8) is 0 Å². The summed E-state index contributed by atoms with van der Waals surface area (Å²) in [5, 5.41) is 3.42. The van der Waals surface area contributed by atoms with E-state index in [1.807, 2.05) is 0 Å². The van der Waals surface area contributed by atoms with Crippen LogP contribution in [0.1, 0.15) is 21.7 Å². The van der Waals surface area contributed by atoms with E-state index in [1.54, 1.807) is 13.2 Å². The highest BCUT2D eigenvalue weighted by Crippen LogP contribution is 2.28. The first-order valence-corrected chi connectivity index (χ1v) is 5.77. The van der Waals surface area contributed by atoms with Gasteiger partial charge in [-0.15, -0.1) is 0 Å². The number of oxime groups is 1. The predicted molar refractivity (Wildman–Crippen MR) is 67.7 cm³/mol. The molecule has 0 amide bonds. The number of rotatable bonds is 3. The summed E-state index contributed by atoms with van der Waals surface area (Å²) in [6, 6.07) is 4.28. The van der Waals surface area contributed by atoms with E-state index in [2.05, 4.69) is 15.0 Å². The Morgan fingerprint density at radius 2 is 2.00 bits per heavy atom. The van der Waals surface area contributed by atoms with Crippen LogP contribution in [0.3, 0.4) is 0 Å². The molecule has 0 saturated heterocycles. The number of hydrogen-bond donors (Lipinski definition) is 0. The van der Waals surface area contributed by atoms with E-state index in [0.29, 0.717) is 5.56 Å². The third kappa shape index (κ3) is 3.68. The summed E-state index contributed by atoms with van der Waals surface area (Å²) in [7, 11) is 1.61. The Hall–Kier alpha value is -2.64. The van der Waals surface area contributed by atoms with Crippen LogP contribution in [0.2, 0.25) is 0 Å². The van der Waals surface area contributed by atoms with E-state index in [1.165, 1.54) is 22.9 Å². The van der Waals surface area contributed by atoms with Crippen LogP contribution in [0.15, 0.2) is 41.8 Å². The van der Waals surface area contributed by atoms with Crippen LogP contribution in [-0.2, 0) is 18.1 Å². The van der Waals surface area contributed by atoms with Crippen molar-refractivity contribution < 1.29 is 22.8 Å². The van der Waals surface area contributed by atoms with Crippen LogP contribution in [0, 0.1) is 0 Å². The second kappa shape index (κ2) is 5.78. The lowest BCUT2D eigenvalue weighted by atomic mass is 10.1. The molecule has 1 aromatic heterocycles. The molecule has 0 fully saturated rings. The van der Waals surface area contributed by atoms with Crippen molar-refractivity contribution in [2.75, 3.05) is 0 Å². The molecule has 2 rings (SSSR count). The van der Waals surface area contributed by atoms with Gasteiger partial charge in [-0.3, -0.25) is 0 Å². The Labute approximate surface area is 117 Å². The molecule has 1 aromatic carbocycles. The van der Waals surface area contributed by atoms with Crippen LogP contribution in [0.4, 0.5) is 13.2 Å². The maximum atomic E-state index is 12.4. The molecule has 0 atom stereocenters.